The number of oxazole rings is 1. The molecule has 0 unspecified atom stereocenters. The summed E-state index contributed by atoms with van der Waals surface area (Å²) >= 11 is 0. The van der Waals surface area contributed by atoms with Gasteiger partial charge in [0.25, 0.3) is 0 Å². The van der Waals surface area contributed by atoms with Gasteiger partial charge in [0.1, 0.15) is 0 Å². The molecular formula is C17H15NO6S. The van der Waals surface area contributed by atoms with E-state index in [-0.39, 0.29) is 17.4 Å². The van der Waals surface area contributed by atoms with E-state index in [0.717, 1.165) is 0 Å². The van der Waals surface area contributed by atoms with Crippen LogP contribution in [0.15, 0.2) is 44.4 Å². The van der Waals surface area contributed by atoms with Gasteiger partial charge >= 0.3 is 5.76 Å². The van der Waals surface area contributed by atoms with Gasteiger partial charge in [-0.15, -0.1) is 0 Å². The van der Waals surface area contributed by atoms with Crippen molar-refractivity contribution in [2.75, 3.05) is 6.79 Å². The lowest BCUT2D eigenvalue weighted by molar-refractivity contribution is 0.174. The first-order chi connectivity index (χ1) is 11.8. The zero-order valence-corrected chi connectivity index (χ0v) is 14.4. The van der Waals surface area contributed by atoms with Crippen LogP contribution in [0.25, 0.3) is 11.1 Å². The van der Waals surface area contributed by atoms with Crippen LogP contribution in [0.5, 0.6) is 11.5 Å². The maximum absolute atomic E-state index is 12.9. The predicted molar refractivity (Wildman–Crippen MR) is 89.6 cm³/mol. The van der Waals surface area contributed by atoms with E-state index in [1.54, 1.807) is 31.2 Å². The Kier molecular flexibility index (Phi) is 3.40. The van der Waals surface area contributed by atoms with E-state index in [2.05, 4.69) is 0 Å². The third-order valence-electron chi connectivity index (χ3n) is 4.22. The molecule has 4 rings (SSSR count). The molecule has 130 valence electrons. The van der Waals surface area contributed by atoms with Gasteiger partial charge in [-0.25, -0.2) is 13.2 Å². The van der Waals surface area contributed by atoms with Gasteiger partial charge < -0.3 is 13.9 Å². The summed E-state index contributed by atoms with van der Waals surface area (Å²) in [5.41, 5.74) is 1.94. The summed E-state index contributed by atoms with van der Waals surface area (Å²) in [5, 5.41) is 0. The number of aromatic nitrogens is 1. The van der Waals surface area contributed by atoms with Gasteiger partial charge in [0.15, 0.2) is 26.9 Å². The molecule has 0 amide bonds. The van der Waals surface area contributed by atoms with Crippen molar-refractivity contribution in [2.24, 2.45) is 7.05 Å². The fourth-order valence-electron chi connectivity index (χ4n) is 2.92. The molecule has 0 N–H and O–H groups in total. The van der Waals surface area contributed by atoms with Crippen molar-refractivity contribution in [3.8, 4) is 11.5 Å². The first-order valence-corrected chi connectivity index (χ1v) is 9.22. The van der Waals surface area contributed by atoms with E-state index in [9.17, 15) is 13.2 Å². The molecule has 0 saturated heterocycles. The normalized spacial score (nSPS) is 13.5. The smallest absolute Gasteiger partial charge is 0.419 e. The van der Waals surface area contributed by atoms with Gasteiger partial charge in [0.05, 0.1) is 16.2 Å². The van der Waals surface area contributed by atoms with Gasteiger partial charge in [-0.3, -0.25) is 4.57 Å². The van der Waals surface area contributed by atoms with E-state index >= 15 is 0 Å². The standard InChI is InChI=1S/C17H15NO6S/c1-10-5-14-12(18(2)17(19)24-14)7-16(10)25(20,21)8-11-3-4-13-15(6-11)23-9-22-13/h3-7H,8-9H2,1-2H3. The van der Waals surface area contributed by atoms with Gasteiger partial charge in [-0.05, 0) is 42.3 Å². The lowest BCUT2D eigenvalue weighted by Crippen LogP contribution is -2.10. The minimum absolute atomic E-state index is 0.135. The van der Waals surface area contributed by atoms with E-state index in [1.807, 2.05) is 0 Å². The minimum atomic E-state index is -3.61. The molecule has 0 saturated carbocycles. The molecule has 0 radical (unpaired) electrons. The topological polar surface area (TPSA) is 87.7 Å². The van der Waals surface area contributed by atoms with Crippen molar-refractivity contribution in [2.45, 2.75) is 17.6 Å². The number of ether oxygens (including phenoxy) is 2. The minimum Gasteiger partial charge on any atom is -0.454 e. The first-order valence-electron chi connectivity index (χ1n) is 7.56. The van der Waals surface area contributed by atoms with E-state index in [4.69, 9.17) is 13.9 Å². The molecule has 1 aliphatic rings. The van der Waals surface area contributed by atoms with Crippen molar-refractivity contribution < 1.29 is 22.3 Å². The highest BCUT2D eigenvalue weighted by Gasteiger charge is 2.22. The number of sulfone groups is 1. The summed E-state index contributed by atoms with van der Waals surface area (Å²) in [6.07, 6.45) is 0. The van der Waals surface area contributed by atoms with E-state index in [0.29, 0.717) is 33.7 Å². The molecule has 25 heavy (non-hydrogen) atoms. The third-order valence-corrected chi connectivity index (χ3v) is 6.04. The zero-order valence-electron chi connectivity index (χ0n) is 13.6. The van der Waals surface area contributed by atoms with Crippen LogP contribution in [-0.2, 0) is 22.6 Å². The van der Waals surface area contributed by atoms with Gasteiger partial charge in [0, 0.05) is 7.05 Å². The number of benzene rings is 2. The van der Waals surface area contributed by atoms with E-state index in [1.165, 1.54) is 17.7 Å². The second-order valence-electron chi connectivity index (χ2n) is 5.96. The SMILES string of the molecule is Cc1cc2oc(=O)n(C)c2cc1S(=O)(=O)Cc1ccc2c(c1)OCO2. The van der Waals surface area contributed by atoms with Crippen LogP contribution in [-0.4, -0.2) is 19.8 Å². The molecular weight excluding hydrogens is 346 g/mol. The van der Waals surface area contributed by atoms with Crippen molar-refractivity contribution in [3.05, 3.63) is 52.0 Å². The summed E-state index contributed by atoms with van der Waals surface area (Å²) in [5.74, 6) is 0.436. The average Bonchev–Trinajstić information content (AvgIpc) is 3.11. The average molecular weight is 361 g/mol. The Bertz CT molecular complexity index is 1160. The molecule has 2 heterocycles. The second kappa shape index (κ2) is 5.38. The Hall–Kier alpha value is -2.74. The molecule has 0 aliphatic carbocycles. The van der Waals surface area contributed by atoms with E-state index < -0.39 is 15.6 Å². The summed E-state index contributed by atoms with van der Waals surface area (Å²) in [6.45, 7) is 1.81. The Labute approximate surface area is 143 Å². The van der Waals surface area contributed by atoms with Crippen LogP contribution in [0.3, 0.4) is 0 Å². The molecule has 0 atom stereocenters. The molecule has 1 aliphatic heterocycles. The summed E-state index contributed by atoms with van der Waals surface area (Å²) < 4.78 is 42.7. The molecule has 0 bridgehead atoms. The van der Waals surface area contributed by atoms with Crippen LogP contribution >= 0.6 is 0 Å². The van der Waals surface area contributed by atoms with Crippen LogP contribution in [0.2, 0.25) is 0 Å². The number of hydrogen-bond acceptors (Lipinski definition) is 6. The van der Waals surface area contributed by atoms with Crippen molar-refractivity contribution in [1.29, 1.82) is 0 Å². The summed E-state index contributed by atoms with van der Waals surface area (Å²) in [4.78, 5) is 11.8. The first kappa shape index (κ1) is 15.8. The molecule has 0 spiro atoms. The molecule has 2 aromatic carbocycles. The van der Waals surface area contributed by atoms with Crippen molar-refractivity contribution >= 4 is 20.9 Å². The lowest BCUT2D eigenvalue weighted by atomic mass is 10.2. The molecule has 1 aromatic heterocycles. The highest BCUT2D eigenvalue weighted by Crippen LogP contribution is 2.34. The van der Waals surface area contributed by atoms with Gasteiger partial charge in [-0.1, -0.05) is 6.07 Å². The predicted octanol–water partition coefficient (Wildman–Crippen LogP) is 2.14. The quantitative estimate of drug-likeness (QED) is 0.710. The highest BCUT2D eigenvalue weighted by atomic mass is 32.2. The van der Waals surface area contributed by atoms with Crippen molar-refractivity contribution in [1.82, 2.24) is 4.57 Å². The summed E-state index contributed by atoms with van der Waals surface area (Å²) in [7, 11) is -2.07. The van der Waals surface area contributed by atoms with Crippen molar-refractivity contribution in [3.63, 3.8) is 0 Å². The Morgan fingerprint density at radius 2 is 1.88 bits per heavy atom. The highest BCUT2D eigenvalue weighted by molar-refractivity contribution is 7.90. The molecule has 0 fully saturated rings. The van der Waals surface area contributed by atoms with Crippen LogP contribution in [0.1, 0.15) is 11.1 Å². The third kappa shape index (κ3) is 2.58. The van der Waals surface area contributed by atoms with Gasteiger partial charge in [-0.2, -0.15) is 0 Å². The van der Waals surface area contributed by atoms with Gasteiger partial charge in [0.2, 0.25) is 6.79 Å². The zero-order chi connectivity index (χ0) is 17.8. The number of rotatable bonds is 3. The number of nitrogens with zero attached hydrogens (tertiary/aromatic N) is 1. The number of fused-ring (bicyclic) bond motifs is 2. The van der Waals surface area contributed by atoms with Crippen LogP contribution in [0, 0.1) is 6.92 Å². The lowest BCUT2D eigenvalue weighted by Gasteiger charge is -2.09. The molecule has 7 nitrogen and oxygen atoms in total. The monoisotopic (exact) mass is 361 g/mol. The van der Waals surface area contributed by atoms with Crippen LogP contribution < -0.4 is 15.2 Å². The maximum Gasteiger partial charge on any atom is 0.419 e. The largest absolute Gasteiger partial charge is 0.454 e. The Balaban J connectivity index is 1.77. The maximum atomic E-state index is 12.9. The molecule has 3 aromatic rings. The second-order valence-corrected chi connectivity index (χ2v) is 7.92. The number of aryl methyl sites for hydroxylation is 2. The van der Waals surface area contributed by atoms with Crippen LogP contribution in [0.4, 0.5) is 0 Å². The Morgan fingerprint density at radius 3 is 2.68 bits per heavy atom. The Morgan fingerprint density at radius 1 is 1.12 bits per heavy atom. The fraction of sp³-hybridized carbons (Fsp3) is 0.235. The molecule has 8 heteroatoms. The summed E-state index contributed by atoms with van der Waals surface area (Å²) in [6, 6.07) is 8.12. The number of hydrogen-bond donors (Lipinski definition) is 0. The fourth-order valence-corrected chi connectivity index (χ4v) is 4.53.